The van der Waals surface area contributed by atoms with Crippen LogP contribution in [0.5, 0.6) is 0 Å². The van der Waals surface area contributed by atoms with Gasteiger partial charge in [0.1, 0.15) is 5.54 Å². The van der Waals surface area contributed by atoms with E-state index in [0.29, 0.717) is 6.04 Å². The lowest BCUT2D eigenvalue weighted by Gasteiger charge is -2.40. The monoisotopic (exact) mass is 240 g/mol. The first-order valence-corrected chi connectivity index (χ1v) is 6.82. The zero-order valence-electron chi connectivity index (χ0n) is 10.7. The molecule has 2 aliphatic rings. The van der Waals surface area contributed by atoms with Gasteiger partial charge in [-0.3, -0.25) is 10.1 Å². The van der Waals surface area contributed by atoms with Crippen molar-refractivity contribution >= 4 is 5.97 Å². The van der Waals surface area contributed by atoms with E-state index in [-0.39, 0.29) is 0 Å². The van der Waals surface area contributed by atoms with E-state index < -0.39 is 11.5 Å². The lowest BCUT2D eigenvalue weighted by Crippen LogP contribution is -2.58. The van der Waals surface area contributed by atoms with E-state index in [0.717, 1.165) is 51.6 Å². The topological polar surface area (TPSA) is 52.6 Å². The van der Waals surface area contributed by atoms with Crippen LogP contribution in [-0.2, 0) is 4.79 Å². The fourth-order valence-electron chi connectivity index (χ4n) is 3.12. The van der Waals surface area contributed by atoms with Crippen LogP contribution in [0.1, 0.15) is 44.9 Å². The van der Waals surface area contributed by atoms with Crippen LogP contribution >= 0.6 is 0 Å². The van der Waals surface area contributed by atoms with Crippen LogP contribution in [0.4, 0.5) is 0 Å². The molecule has 0 aromatic carbocycles. The molecule has 1 aliphatic carbocycles. The highest BCUT2D eigenvalue weighted by Gasteiger charge is 2.41. The molecule has 4 nitrogen and oxygen atoms in total. The van der Waals surface area contributed by atoms with E-state index >= 15 is 0 Å². The van der Waals surface area contributed by atoms with Gasteiger partial charge in [0.25, 0.3) is 0 Å². The number of hydrogen-bond acceptors (Lipinski definition) is 3. The predicted octanol–water partition coefficient (Wildman–Crippen LogP) is 1.46. The number of rotatable bonds is 3. The van der Waals surface area contributed by atoms with Crippen molar-refractivity contribution in [2.75, 3.05) is 20.1 Å². The molecule has 1 heterocycles. The van der Waals surface area contributed by atoms with Gasteiger partial charge in [-0.15, -0.1) is 0 Å². The van der Waals surface area contributed by atoms with Gasteiger partial charge in [0.05, 0.1) is 0 Å². The zero-order chi connectivity index (χ0) is 12.3. The second-order valence-electron chi connectivity index (χ2n) is 5.67. The highest BCUT2D eigenvalue weighted by molar-refractivity contribution is 5.79. The van der Waals surface area contributed by atoms with Crippen molar-refractivity contribution in [3.63, 3.8) is 0 Å². The van der Waals surface area contributed by atoms with Gasteiger partial charge in [-0.25, -0.2) is 0 Å². The molecule has 4 heteroatoms. The number of likely N-dealkylation sites (tertiary alicyclic amines) is 1. The molecule has 0 unspecified atom stereocenters. The minimum atomic E-state index is -0.642. The Morgan fingerprint density at radius 2 is 1.82 bits per heavy atom. The molecular formula is C13H24N2O2. The van der Waals surface area contributed by atoms with Crippen LogP contribution in [0.2, 0.25) is 0 Å². The maximum Gasteiger partial charge on any atom is 0.323 e. The van der Waals surface area contributed by atoms with Crippen molar-refractivity contribution in [3.8, 4) is 0 Å². The van der Waals surface area contributed by atoms with Gasteiger partial charge in [-0.05, 0) is 45.8 Å². The molecule has 1 aliphatic heterocycles. The Kier molecular flexibility index (Phi) is 4.05. The van der Waals surface area contributed by atoms with Crippen molar-refractivity contribution in [3.05, 3.63) is 0 Å². The molecule has 0 spiro atoms. The highest BCUT2D eigenvalue weighted by Crippen LogP contribution is 2.30. The third-order valence-corrected chi connectivity index (χ3v) is 4.32. The molecule has 0 aromatic rings. The minimum Gasteiger partial charge on any atom is -0.480 e. The van der Waals surface area contributed by atoms with E-state index in [1.807, 2.05) is 0 Å². The molecule has 0 bridgehead atoms. The SMILES string of the molecule is CN1CCC(NC2(C(=O)O)CCCCC2)CC1. The normalized spacial score (nSPS) is 26.9. The van der Waals surface area contributed by atoms with Crippen LogP contribution in [0.3, 0.4) is 0 Å². The molecule has 1 saturated carbocycles. The predicted molar refractivity (Wildman–Crippen MR) is 67.1 cm³/mol. The largest absolute Gasteiger partial charge is 0.480 e. The molecule has 2 fully saturated rings. The Balaban J connectivity index is 1.95. The maximum absolute atomic E-state index is 11.5. The second-order valence-corrected chi connectivity index (χ2v) is 5.67. The number of hydrogen-bond donors (Lipinski definition) is 2. The molecular weight excluding hydrogens is 216 g/mol. The van der Waals surface area contributed by atoms with Gasteiger partial charge in [0.15, 0.2) is 0 Å². The maximum atomic E-state index is 11.5. The van der Waals surface area contributed by atoms with Crippen LogP contribution in [-0.4, -0.2) is 47.7 Å². The van der Waals surface area contributed by atoms with Crippen LogP contribution in [0.15, 0.2) is 0 Å². The van der Waals surface area contributed by atoms with Gasteiger partial charge in [0.2, 0.25) is 0 Å². The fraction of sp³-hybridized carbons (Fsp3) is 0.923. The molecule has 2 rings (SSSR count). The lowest BCUT2D eigenvalue weighted by molar-refractivity contribution is -0.147. The summed E-state index contributed by atoms with van der Waals surface area (Å²) in [7, 11) is 2.13. The summed E-state index contributed by atoms with van der Waals surface area (Å²) in [6.45, 7) is 2.15. The molecule has 0 radical (unpaired) electrons. The molecule has 98 valence electrons. The summed E-state index contributed by atoms with van der Waals surface area (Å²) < 4.78 is 0. The summed E-state index contributed by atoms with van der Waals surface area (Å²) >= 11 is 0. The van der Waals surface area contributed by atoms with Crippen LogP contribution in [0, 0.1) is 0 Å². The first-order chi connectivity index (χ1) is 8.12. The van der Waals surface area contributed by atoms with Gasteiger partial charge >= 0.3 is 5.97 Å². The summed E-state index contributed by atoms with van der Waals surface area (Å²) in [5, 5.41) is 13.0. The molecule has 0 amide bonds. The second kappa shape index (κ2) is 5.36. The van der Waals surface area contributed by atoms with E-state index in [2.05, 4.69) is 17.3 Å². The standard InChI is InChI=1S/C13H24N2O2/c1-15-9-5-11(6-10-15)14-13(12(16)17)7-3-2-4-8-13/h11,14H,2-10H2,1H3,(H,16,17). The Hall–Kier alpha value is -0.610. The summed E-state index contributed by atoms with van der Waals surface area (Å²) in [4.78, 5) is 13.9. The van der Waals surface area contributed by atoms with Crippen molar-refractivity contribution in [1.29, 1.82) is 0 Å². The van der Waals surface area contributed by atoms with Crippen molar-refractivity contribution in [2.24, 2.45) is 0 Å². The lowest BCUT2D eigenvalue weighted by atomic mass is 9.80. The minimum absolute atomic E-state index is 0.389. The van der Waals surface area contributed by atoms with Crippen LogP contribution < -0.4 is 5.32 Å². The average Bonchev–Trinajstić information content (AvgIpc) is 2.33. The summed E-state index contributed by atoms with van der Waals surface area (Å²) in [5.74, 6) is -0.642. The average molecular weight is 240 g/mol. The Morgan fingerprint density at radius 1 is 1.24 bits per heavy atom. The van der Waals surface area contributed by atoms with Gasteiger partial charge < -0.3 is 10.0 Å². The van der Waals surface area contributed by atoms with Gasteiger partial charge in [-0.1, -0.05) is 19.3 Å². The quantitative estimate of drug-likeness (QED) is 0.784. The Bertz CT molecular complexity index is 267. The number of nitrogens with zero attached hydrogens (tertiary/aromatic N) is 1. The Labute approximate surface area is 103 Å². The number of carboxylic acid groups (broad SMARTS) is 1. The zero-order valence-corrected chi connectivity index (χ0v) is 10.7. The summed E-state index contributed by atoms with van der Waals surface area (Å²) in [6, 6.07) is 0.389. The van der Waals surface area contributed by atoms with Gasteiger partial charge in [0, 0.05) is 6.04 Å². The van der Waals surface area contributed by atoms with Crippen molar-refractivity contribution in [2.45, 2.75) is 56.5 Å². The van der Waals surface area contributed by atoms with Crippen molar-refractivity contribution in [1.82, 2.24) is 10.2 Å². The summed E-state index contributed by atoms with van der Waals surface area (Å²) in [6.07, 6.45) is 7.03. The third kappa shape index (κ3) is 2.99. The number of aliphatic carboxylic acids is 1. The molecule has 2 N–H and O–H groups in total. The molecule has 17 heavy (non-hydrogen) atoms. The van der Waals surface area contributed by atoms with E-state index in [1.54, 1.807) is 0 Å². The summed E-state index contributed by atoms with van der Waals surface area (Å²) in [5.41, 5.74) is -0.626. The first-order valence-electron chi connectivity index (χ1n) is 6.82. The number of piperidine rings is 1. The first kappa shape index (κ1) is 12.8. The van der Waals surface area contributed by atoms with E-state index in [4.69, 9.17) is 0 Å². The number of carboxylic acids is 1. The number of nitrogens with one attached hydrogen (secondary N) is 1. The fourth-order valence-corrected chi connectivity index (χ4v) is 3.12. The van der Waals surface area contributed by atoms with E-state index in [1.165, 1.54) is 6.42 Å². The molecule has 0 aromatic heterocycles. The third-order valence-electron chi connectivity index (χ3n) is 4.32. The van der Waals surface area contributed by atoms with E-state index in [9.17, 15) is 9.90 Å². The smallest absolute Gasteiger partial charge is 0.323 e. The number of carbonyl (C=O) groups is 1. The van der Waals surface area contributed by atoms with Crippen LogP contribution in [0.25, 0.3) is 0 Å². The van der Waals surface area contributed by atoms with Gasteiger partial charge in [-0.2, -0.15) is 0 Å². The molecule has 0 atom stereocenters. The van der Waals surface area contributed by atoms with Crippen molar-refractivity contribution < 1.29 is 9.90 Å². The Morgan fingerprint density at radius 3 is 2.35 bits per heavy atom. The molecule has 1 saturated heterocycles. The highest BCUT2D eigenvalue weighted by atomic mass is 16.4.